The van der Waals surface area contributed by atoms with E-state index in [0.717, 1.165) is 30.8 Å². The molecule has 196 valence electrons. The standard InChI is InChI=1S/C22H17ClFN7.C2HF3O2/c23-20-12-30(13-26-20)19-8-7-17(10-15(19)11-25)27-22-28-21-18(2-1-9-31(21)29-22)14-3-5-16(24)6-4-14;3-2(4,5)1(6)7/h3-8,10,12-13,18H,1-2,9H2,(H,27,29);(H,6,7). The minimum atomic E-state index is -5.08. The summed E-state index contributed by atoms with van der Waals surface area (Å²) in [4.78, 5) is 17.6. The van der Waals surface area contributed by atoms with E-state index in [9.17, 15) is 22.8 Å². The van der Waals surface area contributed by atoms with Gasteiger partial charge in [-0.2, -0.15) is 23.4 Å². The molecule has 0 bridgehead atoms. The molecule has 0 spiro atoms. The Hall–Kier alpha value is -4.44. The molecule has 4 aromatic rings. The Labute approximate surface area is 217 Å². The van der Waals surface area contributed by atoms with Crippen molar-refractivity contribution in [3.63, 3.8) is 0 Å². The minimum absolute atomic E-state index is 0.0698. The Bertz CT molecular complexity index is 1490. The van der Waals surface area contributed by atoms with Gasteiger partial charge in [0.05, 0.1) is 11.3 Å². The molecular weight excluding hydrogens is 530 g/mol. The maximum atomic E-state index is 13.3. The maximum absolute atomic E-state index is 13.3. The van der Waals surface area contributed by atoms with Crippen molar-refractivity contribution >= 4 is 29.2 Å². The number of aliphatic carboxylic acids is 1. The molecule has 2 aromatic carbocycles. The molecule has 9 nitrogen and oxygen atoms in total. The molecule has 1 aliphatic rings. The third kappa shape index (κ3) is 6.09. The predicted octanol–water partition coefficient (Wildman–Crippen LogP) is 5.43. The van der Waals surface area contributed by atoms with Gasteiger partial charge in [-0.1, -0.05) is 23.7 Å². The first-order valence-corrected chi connectivity index (χ1v) is 11.4. The van der Waals surface area contributed by atoms with Crippen LogP contribution in [-0.2, 0) is 11.3 Å². The summed E-state index contributed by atoms with van der Waals surface area (Å²) in [7, 11) is 0. The number of nitrogens with zero attached hydrogens (tertiary/aromatic N) is 6. The van der Waals surface area contributed by atoms with Crippen LogP contribution in [-0.4, -0.2) is 41.6 Å². The molecule has 0 radical (unpaired) electrons. The number of alkyl halides is 3. The van der Waals surface area contributed by atoms with Crippen LogP contribution in [0.4, 0.5) is 29.2 Å². The van der Waals surface area contributed by atoms with Crippen LogP contribution in [0.1, 0.15) is 35.7 Å². The van der Waals surface area contributed by atoms with Crippen LogP contribution in [0.5, 0.6) is 0 Å². The first-order chi connectivity index (χ1) is 18.0. The number of carboxylic acids is 1. The summed E-state index contributed by atoms with van der Waals surface area (Å²) < 4.78 is 48.7. The summed E-state index contributed by atoms with van der Waals surface area (Å²) in [5.74, 6) is -1.62. The van der Waals surface area contributed by atoms with Gasteiger partial charge >= 0.3 is 12.1 Å². The van der Waals surface area contributed by atoms with E-state index in [1.807, 2.05) is 16.8 Å². The van der Waals surface area contributed by atoms with E-state index in [-0.39, 0.29) is 11.7 Å². The van der Waals surface area contributed by atoms with Crippen molar-refractivity contribution in [1.82, 2.24) is 24.3 Å². The molecule has 14 heteroatoms. The fraction of sp³-hybridized carbons (Fsp3) is 0.208. The van der Waals surface area contributed by atoms with Crippen molar-refractivity contribution in [2.24, 2.45) is 0 Å². The summed E-state index contributed by atoms with van der Waals surface area (Å²) in [6, 6.07) is 14.2. The molecule has 2 aromatic heterocycles. The normalized spacial score (nSPS) is 14.6. The van der Waals surface area contributed by atoms with Crippen molar-refractivity contribution in [3.8, 4) is 11.8 Å². The van der Waals surface area contributed by atoms with Crippen LogP contribution in [0.25, 0.3) is 5.69 Å². The molecule has 38 heavy (non-hydrogen) atoms. The third-order valence-electron chi connectivity index (χ3n) is 5.59. The minimum Gasteiger partial charge on any atom is -0.475 e. The van der Waals surface area contributed by atoms with Gasteiger partial charge in [-0.15, -0.1) is 5.10 Å². The smallest absolute Gasteiger partial charge is 0.475 e. The number of carboxylic acid groups (broad SMARTS) is 1. The highest BCUT2D eigenvalue weighted by atomic mass is 35.5. The van der Waals surface area contributed by atoms with Gasteiger partial charge < -0.3 is 15.0 Å². The quantitative estimate of drug-likeness (QED) is 0.327. The second kappa shape index (κ2) is 10.9. The van der Waals surface area contributed by atoms with E-state index in [4.69, 9.17) is 26.5 Å². The van der Waals surface area contributed by atoms with Crippen LogP contribution >= 0.6 is 11.6 Å². The van der Waals surface area contributed by atoms with Gasteiger partial charge in [0, 0.05) is 24.3 Å². The average molecular weight is 548 g/mol. The Morgan fingerprint density at radius 2 is 1.92 bits per heavy atom. The lowest BCUT2D eigenvalue weighted by Gasteiger charge is -2.22. The zero-order valence-electron chi connectivity index (χ0n) is 19.3. The number of nitriles is 1. The first-order valence-electron chi connectivity index (χ1n) is 11.1. The largest absolute Gasteiger partial charge is 0.490 e. The van der Waals surface area contributed by atoms with Gasteiger partial charge in [-0.3, -0.25) is 0 Å². The Morgan fingerprint density at radius 1 is 1.21 bits per heavy atom. The van der Waals surface area contributed by atoms with Gasteiger partial charge in [-0.25, -0.2) is 18.9 Å². The Morgan fingerprint density at radius 3 is 2.53 bits per heavy atom. The van der Waals surface area contributed by atoms with Gasteiger partial charge in [0.25, 0.3) is 0 Å². The number of benzene rings is 2. The van der Waals surface area contributed by atoms with E-state index in [1.165, 1.54) is 12.1 Å². The summed E-state index contributed by atoms with van der Waals surface area (Å²) in [6.45, 7) is 0.783. The summed E-state index contributed by atoms with van der Waals surface area (Å²) in [5, 5.41) is 24.8. The summed E-state index contributed by atoms with van der Waals surface area (Å²) in [6.07, 6.45) is 0.0285. The highest BCUT2D eigenvalue weighted by Crippen LogP contribution is 2.33. The second-order valence-electron chi connectivity index (χ2n) is 8.14. The molecular formula is C24H18ClF4N7O2. The van der Waals surface area contributed by atoms with Crippen LogP contribution in [0, 0.1) is 17.1 Å². The van der Waals surface area contributed by atoms with E-state index in [0.29, 0.717) is 28.0 Å². The lowest BCUT2D eigenvalue weighted by molar-refractivity contribution is -0.192. The number of halogens is 5. The average Bonchev–Trinajstić information content (AvgIpc) is 3.49. The highest BCUT2D eigenvalue weighted by Gasteiger charge is 2.38. The number of aromatic nitrogens is 5. The van der Waals surface area contributed by atoms with E-state index >= 15 is 0 Å². The first kappa shape index (κ1) is 26.6. The zero-order chi connectivity index (χ0) is 27.4. The van der Waals surface area contributed by atoms with Gasteiger partial charge in [0.15, 0.2) is 0 Å². The van der Waals surface area contributed by atoms with Crippen LogP contribution in [0.2, 0.25) is 5.15 Å². The maximum Gasteiger partial charge on any atom is 0.490 e. The van der Waals surface area contributed by atoms with Crippen LogP contribution in [0.15, 0.2) is 55.0 Å². The number of fused-ring (bicyclic) bond motifs is 1. The SMILES string of the molecule is N#Cc1cc(Nc2nc3n(n2)CCCC3c2ccc(F)cc2)ccc1-n1cnc(Cl)c1.O=C(O)C(F)(F)F. The molecule has 0 aliphatic carbocycles. The molecule has 0 amide bonds. The van der Waals surface area contributed by atoms with E-state index < -0.39 is 12.1 Å². The van der Waals surface area contributed by atoms with Gasteiger partial charge in [-0.05, 0) is 48.7 Å². The topological polar surface area (TPSA) is 122 Å². The summed E-state index contributed by atoms with van der Waals surface area (Å²) in [5.41, 5.74) is 2.87. The highest BCUT2D eigenvalue weighted by molar-refractivity contribution is 6.29. The fourth-order valence-corrected chi connectivity index (χ4v) is 4.05. The van der Waals surface area contributed by atoms with Crippen LogP contribution in [0.3, 0.4) is 0 Å². The van der Waals surface area contributed by atoms with E-state index in [2.05, 4.69) is 21.5 Å². The van der Waals surface area contributed by atoms with Crippen molar-refractivity contribution in [2.75, 3.05) is 5.32 Å². The van der Waals surface area contributed by atoms with Gasteiger partial charge in [0.1, 0.15) is 29.2 Å². The molecule has 1 unspecified atom stereocenters. The molecule has 0 fully saturated rings. The monoisotopic (exact) mass is 547 g/mol. The molecule has 0 saturated carbocycles. The number of anilines is 2. The van der Waals surface area contributed by atoms with Crippen molar-refractivity contribution in [3.05, 3.63) is 82.9 Å². The number of imidazole rings is 1. The zero-order valence-corrected chi connectivity index (χ0v) is 20.1. The number of hydrogen-bond donors (Lipinski definition) is 2. The lowest BCUT2D eigenvalue weighted by Crippen LogP contribution is -2.21. The predicted molar refractivity (Wildman–Crippen MR) is 128 cm³/mol. The lowest BCUT2D eigenvalue weighted by atomic mass is 9.91. The molecule has 1 aliphatic heterocycles. The molecule has 0 saturated heterocycles. The Kier molecular flexibility index (Phi) is 7.63. The number of hydrogen-bond acceptors (Lipinski definition) is 6. The van der Waals surface area contributed by atoms with Gasteiger partial charge in [0.2, 0.25) is 5.95 Å². The van der Waals surface area contributed by atoms with E-state index in [1.54, 1.807) is 35.3 Å². The Balaban J connectivity index is 0.000000426. The van der Waals surface area contributed by atoms with Crippen molar-refractivity contribution in [1.29, 1.82) is 5.26 Å². The molecule has 1 atom stereocenters. The second-order valence-corrected chi connectivity index (χ2v) is 8.53. The van der Waals surface area contributed by atoms with Crippen LogP contribution < -0.4 is 5.32 Å². The van der Waals surface area contributed by atoms with Crippen molar-refractivity contribution in [2.45, 2.75) is 31.5 Å². The molecule has 2 N–H and O–H groups in total. The molecule has 3 heterocycles. The number of nitrogens with one attached hydrogen (secondary N) is 1. The van der Waals surface area contributed by atoms with Crippen molar-refractivity contribution < 1.29 is 27.5 Å². The fourth-order valence-electron chi connectivity index (χ4n) is 3.90. The molecule has 5 rings (SSSR count). The number of rotatable bonds is 4. The third-order valence-corrected chi connectivity index (χ3v) is 5.79. The number of carbonyl (C=O) groups is 1. The number of aryl methyl sites for hydroxylation is 1. The summed E-state index contributed by atoms with van der Waals surface area (Å²) >= 11 is 5.89.